The largest absolute Gasteiger partial charge is 0.352 e. The van der Waals surface area contributed by atoms with Crippen LogP contribution in [-0.2, 0) is 15.1 Å². The maximum atomic E-state index is 6.67. The molecule has 2 unspecified atom stereocenters. The molecule has 2 aliphatic rings. The highest BCUT2D eigenvalue weighted by molar-refractivity contribution is 5.50. The fourth-order valence-corrected chi connectivity index (χ4v) is 4.57. The number of likely N-dealkylation sites (N-methyl/N-ethyl adjacent to an activating group) is 1. The van der Waals surface area contributed by atoms with E-state index < -0.39 is 16.9 Å². The van der Waals surface area contributed by atoms with E-state index in [2.05, 4.69) is 87.8 Å². The zero-order chi connectivity index (χ0) is 18.6. The first-order valence-electron chi connectivity index (χ1n) is 9.17. The van der Waals surface area contributed by atoms with Crippen LogP contribution in [0, 0.1) is 0 Å². The highest BCUT2D eigenvalue weighted by Crippen LogP contribution is 2.67. The predicted octanol–water partition coefficient (Wildman–Crippen LogP) is 4.34. The van der Waals surface area contributed by atoms with E-state index in [-0.39, 0.29) is 5.54 Å². The van der Waals surface area contributed by atoms with Crippen molar-refractivity contribution in [2.45, 2.75) is 43.2 Å². The second-order valence-electron chi connectivity index (χ2n) is 8.11. The van der Waals surface area contributed by atoms with Crippen molar-refractivity contribution in [1.82, 2.24) is 4.90 Å². The lowest BCUT2D eigenvalue weighted by Gasteiger charge is -2.41. The van der Waals surface area contributed by atoms with Crippen molar-refractivity contribution in [2.24, 2.45) is 0 Å². The summed E-state index contributed by atoms with van der Waals surface area (Å²) in [5.41, 5.74) is 0.309. The van der Waals surface area contributed by atoms with E-state index in [1.54, 1.807) is 0 Å². The molecule has 0 aliphatic carbocycles. The Morgan fingerprint density at radius 1 is 0.923 bits per heavy atom. The molecule has 2 saturated heterocycles. The third-order valence-electron chi connectivity index (χ3n) is 6.36. The topological polar surface area (TPSA) is 25.0 Å². The van der Waals surface area contributed by atoms with E-state index in [9.17, 15) is 0 Å². The zero-order valence-corrected chi connectivity index (χ0v) is 16.0. The Labute approximate surface area is 156 Å². The summed E-state index contributed by atoms with van der Waals surface area (Å²) in [7, 11) is 2.10. The summed E-state index contributed by atoms with van der Waals surface area (Å²) in [4.78, 5) is 2.26. The Morgan fingerprint density at radius 2 is 1.42 bits per heavy atom. The second-order valence-corrected chi connectivity index (χ2v) is 8.11. The fraction of sp³-hybridized carbons (Fsp3) is 0.391. The fourth-order valence-electron chi connectivity index (χ4n) is 4.57. The monoisotopic (exact) mass is 349 g/mol. The van der Waals surface area contributed by atoms with E-state index >= 15 is 0 Å². The highest BCUT2D eigenvalue weighted by Gasteiger charge is 2.80. The van der Waals surface area contributed by atoms with Crippen LogP contribution in [0.15, 0.2) is 73.3 Å². The summed E-state index contributed by atoms with van der Waals surface area (Å²) < 4.78 is 13.1. The number of ether oxygens (including phenoxy) is 2. The molecule has 0 spiro atoms. The maximum Gasteiger partial charge on any atom is 0.173 e. The molecule has 0 bridgehead atoms. The van der Waals surface area contributed by atoms with Crippen molar-refractivity contribution in [3.8, 4) is 0 Å². The molecule has 4 rings (SSSR count). The van der Waals surface area contributed by atoms with Gasteiger partial charge in [-0.15, -0.1) is 0 Å². The number of hydrogen-bond donors (Lipinski definition) is 0. The minimum absolute atomic E-state index is 0.0950. The molecule has 0 aromatic heterocycles. The Balaban J connectivity index is 1.91. The lowest BCUT2D eigenvalue weighted by Crippen LogP contribution is -2.58. The minimum Gasteiger partial charge on any atom is -0.352 e. The molecular formula is C23H27NO2. The number of hydrogen-bond acceptors (Lipinski definition) is 3. The Bertz CT molecular complexity index is 777. The summed E-state index contributed by atoms with van der Waals surface area (Å²) in [5.74, 6) is 0. The Morgan fingerprint density at radius 3 is 1.81 bits per heavy atom. The van der Waals surface area contributed by atoms with Crippen LogP contribution >= 0.6 is 0 Å². The Kier molecular flexibility index (Phi) is 3.71. The van der Waals surface area contributed by atoms with E-state index in [0.717, 1.165) is 11.1 Å². The molecular weight excluding hydrogens is 322 g/mol. The smallest absolute Gasteiger partial charge is 0.173 e. The SMILES string of the molecule is C=CC1(C2(C)OC2(c2ccccc2)c2ccccc2)OCC(C)(C)N1C. The van der Waals surface area contributed by atoms with Crippen molar-refractivity contribution in [1.29, 1.82) is 0 Å². The lowest BCUT2D eigenvalue weighted by atomic mass is 9.75. The van der Waals surface area contributed by atoms with Gasteiger partial charge >= 0.3 is 0 Å². The van der Waals surface area contributed by atoms with Gasteiger partial charge in [-0.2, -0.15) is 0 Å². The van der Waals surface area contributed by atoms with Gasteiger partial charge in [-0.1, -0.05) is 67.2 Å². The molecule has 2 fully saturated rings. The normalized spacial score (nSPS) is 32.3. The number of rotatable bonds is 4. The molecule has 0 N–H and O–H groups in total. The van der Waals surface area contributed by atoms with Gasteiger partial charge in [0.15, 0.2) is 16.9 Å². The van der Waals surface area contributed by atoms with Crippen LogP contribution in [0.3, 0.4) is 0 Å². The molecule has 136 valence electrons. The van der Waals surface area contributed by atoms with E-state index in [1.165, 1.54) is 0 Å². The minimum atomic E-state index is -0.706. The van der Waals surface area contributed by atoms with Crippen LogP contribution in [0.1, 0.15) is 31.9 Å². The molecule has 0 amide bonds. The van der Waals surface area contributed by atoms with Crippen LogP contribution in [0.5, 0.6) is 0 Å². The average Bonchev–Trinajstić information content (AvgIpc) is 3.24. The standard InChI is InChI=1S/C23H27NO2/c1-6-22(24(5)20(2,3)17-25-22)21(4)23(26-21,18-13-9-7-10-14-18)19-15-11-8-12-16-19/h6-16H,1,17H2,2-5H3. The van der Waals surface area contributed by atoms with E-state index in [0.29, 0.717) is 6.61 Å². The van der Waals surface area contributed by atoms with Crippen molar-refractivity contribution >= 4 is 0 Å². The first-order chi connectivity index (χ1) is 12.3. The summed E-state index contributed by atoms with van der Waals surface area (Å²) in [5, 5.41) is 0. The summed E-state index contributed by atoms with van der Waals surface area (Å²) >= 11 is 0. The molecule has 3 heteroatoms. The van der Waals surface area contributed by atoms with Crippen LogP contribution < -0.4 is 0 Å². The van der Waals surface area contributed by atoms with Gasteiger partial charge in [-0.05, 0) is 45.0 Å². The Hall–Kier alpha value is -1.94. The molecule has 2 atom stereocenters. The van der Waals surface area contributed by atoms with Gasteiger partial charge in [0.1, 0.15) is 0 Å². The van der Waals surface area contributed by atoms with Gasteiger partial charge in [0, 0.05) is 5.54 Å². The lowest BCUT2D eigenvalue weighted by molar-refractivity contribution is -0.0894. The molecule has 3 nitrogen and oxygen atoms in total. The van der Waals surface area contributed by atoms with E-state index in [1.807, 2.05) is 18.2 Å². The third-order valence-corrected chi connectivity index (χ3v) is 6.36. The van der Waals surface area contributed by atoms with Crippen LogP contribution in [0.4, 0.5) is 0 Å². The highest BCUT2D eigenvalue weighted by atomic mass is 16.7. The van der Waals surface area contributed by atoms with Crippen molar-refractivity contribution in [3.63, 3.8) is 0 Å². The molecule has 2 heterocycles. The predicted molar refractivity (Wildman–Crippen MR) is 104 cm³/mol. The van der Waals surface area contributed by atoms with Gasteiger partial charge in [0.25, 0.3) is 0 Å². The van der Waals surface area contributed by atoms with Crippen LogP contribution in [-0.4, -0.2) is 35.4 Å². The average molecular weight is 349 g/mol. The van der Waals surface area contributed by atoms with Crippen molar-refractivity contribution < 1.29 is 9.47 Å². The molecule has 0 radical (unpaired) electrons. The first kappa shape index (κ1) is 17.5. The first-order valence-corrected chi connectivity index (χ1v) is 9.17. The molecule has 2 aromatic carbocycles. The van der Waals surface area contributed by atoms with Crippen molar-refractivity contribution in [2.75, 3.05) is 13.7 Å². The number of benzene rings is 2. The van der Waals surface area contributed by atoms with Gasteiger partial charge in [0.05, 0.1) is 6.61 Å². The molecule has 0 saturated carbocycles. The van der Waals surface area contributed by atoms with Crippen LogP contribution in [0.25, 0.3) is 0 Å². The van der Waals surface area contributed by atoms with Gasteiger partial charge in [0.2, 0.25) is 0 Å². The third kappa shape index (κ3) is 1.99. The van der Waals surface area contributed by atoms with Gasteiger partial charge < -0.3 is 9.47 Å². The number of epoxide rings is 1. The van der Waals surface area contributed by atoms with Crippen LogP contribution in [0.2, 0.25) is 0 Å². The van der Waals surface area contributed by atoms with Gasteiger partial charge in [-0.3, -0.25) is 4.90 Å². The summed E-state index contributed by atoms with van der Waals surface area (Å²) in [6.45, 7) is 11.3. The zero-order valence-electron chi connectivity index (χ0n) is 16.0. The number of nitrogens with zero attached hydrogens (tertiary/aromatic N) is 1. The van der Waals surface area contributed by atoms with Gasteiger partial charge in [-0.25, -0.2) is 0 Å². The molecule has 2 aliphatic heterocycles. The summed E-state index contributed by atoms with van der Waals surface area (Å²) in [6, 6.07) is 20.9. The molecule has 26 heavy (non-hydrogen) atoms. The van der Waals surface area contributed by atoms with E-state index in [4.69, 9.17) is 9.47 Å². The maximum absolute atomic E-state index is 6.67. The second kappa shape index (κ2) is 5.53. The quantitative estimate of drug-likeness (QED) is 0.606. The van der Waals surface area contributed by atoms with Crippen molar-refractivity contribution in [3.05, 3.63) is 84.4 Å². The molecule has 2 aromatic rings. The summed E-state index contributed by atoms with van der Waals surface area (Å²) in [6.07, 6.45) is 1.91.